The molecule has 0 radical (unpaired) electrons. The molecule has 4 rings (SSSR count). The molecule has 0 unspecified atom stereocenters. The Balaban J connectivity index is 1.70. The molecule has 0 saturated heterocycles. The minimum absolute atomic E-state index is 0.0511. The molecule has 1 aliphatic rings. The molecule has 0 spiro atoms. The number of hydrogen-bond donors (Lipinski definition) is 1. The predicted molar refractivity (Wildman–Crippen MR) is 110 cm³/mol. The number of fused-ring (bicyclic) bond motifs is 1. The molecule has 0 aliphatic heterocycles. The Morgan fingerprint density at radius 1 is 1.13 bits per heavy atom. The van der Waals surface area contributed by atoms with Gasteiger partial charge in [0.2, 0.25) is 0 Å². The first kappa shape index (κ1) is 21.1. The number of carbonyl (C=O) groups is 1. The molecule has 8 heteroatoms. The van der Waals surface area contributed by atoms with E-state index >= 15 is 0 Å². The molecule has 5 nitrogen and oxygen atoms in total. The number of benzene rings is 2. The van der Waals surface area contributed by atoms with Crippen LogP contribution in [0.4, 0.5) is 18.9 Å². The van der Waals surface area contributed by atoms with Gasteiger partial charge in [-0.15, -0.1) is 0 Å². The van der Waals surface area contributed by atoms with Crippen molar-refractivity contribution in [1.29, 1.82) is 0 Å². The first-order valence-corrected chi connectivity index (χ1v) is 9.91. The number of amides is 1. The SMILES string of the molecule is COCCOc1ccc(C(F)(F)F)cc1NC(=O)c1cc(C2CC2)nc2ccccc12. The van der Waals surface area contributed by atoms with Crippen molar-refractivity contribution < 1.29 is 27.4 Å². The van der Waals surface area contributed by atoms with Crippen molar-refractivity contribution in [2.45, 2.75) is 24.9 Å². The molecule has 31 heavy (non-hydrogen) atoms. The molecule has 1 heterocycles. The fraction of sp³-hybridized carbons (Fsp3) is 0.304. The van der Waals surface area contributed by atoms with E-state index in [4.69, 9.17) is 9.47 Å². The van der Waals surface area contributed by atoms with E-state index in [2.05, 4.69) is 10.3 Å². The van der Waals surface area contributed by atoms with E-state index in [-0.39, 0.29) is 24.7 Å². The Kier molecular flexibility index (Phi) is 5.82. The lowest BCUT2D eigenvalue weighted by Crippen LogP contribution is -2.16. The zero-order valence-electron chi connectivity index (χ0n) is 16.8. The minimum atomic E-state index is -4.55. The van der Waals surface area contributed by atoms with Gasteiger partial charge in [-0.1, -0.05) is 18.2 Å². The number of pyridine rings is 1. The van der Waals surface area contributed by atoms with Gasteiger partial charge < -0.3 is 14.8 Å². The number of para-hydroxylation sites is 1. The number of ether oxygens (including phenoxy) is 2. The van der Waals surface area contributed by atoms with Crippen LogP contribution in [0.15, 0.2) is 48.5 Å². The highest BCUT2D eigenvalue weighted by molar-refractivity contribution is 6.13. The molecule has 3 aromatic rings. The van der Waals surface area contributed by atoms with Crippen LogP contribution in [-0.4, -0.2) is 31.2 Å². The summed E-state index contributed by atoms with van der Waals surface area (Å²) in [4.78, 5) is 17.8. The maximum absolute atomic E-state index is 13.2. The van der Waals surface area contributed by atoms with E-state index in [0.29, 0.717) is 22.4 Å². The van der Waals surface area contributed by atoms with Crippen molar-refractivity contribution in [3.8, 4) is 5.75 Å². The summed E-state index contributed by atoms with van der Waals surface area (Å²) in [6.07, 6.45) is -2.53. The predicted octanol–water partition coefficient (Wildman–Crippen LogP) is 5.41. The van der Waals surface area contributed by atoms with Crippen LogP contribution in [0.5, 0.6) is 5.75 Å². The van der Waals surface area contributed by atoms with Gasteiger partial charge in [0.15, 0.2) is 0 Å². The molecule has 0 atom stereocenters. The fourth-order valence-corrected chi connectivity index (χ4v) is 3.33. The Labute approximate surface area is 177 Å². The minimum Gasteiger partial charge on any atom is -0.489 e. The van der Waals surface area contributed by atoms with Gasteiger partial charge in [-0.3, -0.25) is 9.78 Å². The van der Waals surface area contributed by atoms with Gasteiger partial charge in [0.1, 0.15) is 12.4 Å². The summed E-state index contributed by atoms with van der Waals surface area (Å²) in [5, 5.41) is 3.25. The van der Waals surface area contributed by atoms with Crippen molar-refractivity contribution in [2.75, 3.05) is 25.6 Å². The van der Waals surface area contributed by atoms with Crippen LogP contribution in [0.1, 0.15) is 40.4 Å². The molecule has 162 valence electrons. The van der Waals surface area contributed by atoms with Gasteiger partial charge in [0.25, 0.3) is 5.91 Å². The standard InChI is InChI=1S/C23H21F3N2O3/c1-30-10-11-31-21-9-8-15(23(24,25)26)12-20(21)28-22(29)17-13-19(14-6-7-14)27-18-5-3-2-4-16(17)18/h2-5,8-9,12-14H,6-7,10-11H2,1H3,(H,28,29). The average Bonchev–Trinajstić information content (AvgIpc) is 3.59. The molecule has 1 aromatic heterocycles. The highest BCUT2D eigenvalue weighted by Gasteiger charge is 2.32. The summed E-state index contributed by atoms with van der Waals surface area (Å²) in [5.41, 5.74) is 0.944. The van der Waals surface area contributed by atoms with E-state index in [1.54, 1.807) is 18.2 Å². The second-order valence-corrected chi connectivity index (χ2v) is 7.39. The second kappa shape index (κ2) is 8.55. The maximum atomic E-state index is 13.2. The Morgan fingerprint density at radius 3 is 2.61 bits per heavy atom. The lowest BCUT2D eigenvalue weighted by Gasteiger charge is -2.16. The van der Waals surface area contributed by atoms with Crippen LogP contribution in [0.2, 0.25) is 0 Å². The quantitative estimate of drug-likeness (QED) is 0.510. The lowest BCUT2D eigenvalue weighted by molar-refractivity contribution is -0.137. The molecule has 2 aromatic carbocycles. The van der Waals surface area contributed by atoms with Crippen LogP contribution < -0.4 is 10.1 Å². The number of nitrogens with zero attached hydrogens (tertiary/aromatic N) is 1. The number of aromatic nitrogens is 1. The van der Waals surface area contributed by atoms with Gasteiger partial charge in [0.05, 0.1) is 28.9 Å². The van der Waals surface area contributed by atoms with Crippen molar-refractivity contribution >= 4 is 22.5 Å². The van der Waals surface area contributed by atoms with Crippen LogP contribution >= 0.6 is 0 Å². The van der Waals surface area contributed by atoms with E-state index in [0.717, 1.165) is 30.7 Å². The van der Waals surface area contributed by atoms with Gasteiger partial charge >= 0.3 is 6.18 Å². The Bertz CT molecular complexity index is 1110. The summed E-state index contributed by atoms with van der Waals surface area (Å²) in [5.74, 6) is -0.0618. The van der Waals surface area contributed by atoms with Crippen LogP contribution in [0, 0.1) is 0 Å². The number of methoxy groups -OCH3 is 1. The van der Waals surface area contributed by atoms with Gasteiger partial charge in [-0.25, -0.2) is 0 Å². The first-order valence-electron chi connectivity index (χ1n) is 9.91. The average molecular weight is 430 g/mol. The van der Waals surface area contributed by atoms with E-state index in [1.165, 1.54) is 13.2 Å². The van der Waals surface area contributed by atoms with Gasteiger partial charge in [-0.05, 0) is 43.2 Å². The molecule has 1 fully saturated rings. The molecular formula is C23H21F3N2O3. The monoisotopic (exact) mass is 430 g/mol. The molecule has 0 bridgehead atoms. The number of hydrogen-bond acceptors (Lipinski definition) is 4. The molecule has 1 aliphatic carbocycles. The summed E-state index contributed by atoms with van der Waals surface area (Å²) in [6, 6.07) is 12.0. The molecular weight excluding hydrogens is 409 g/mol. The third-order valence-corrected chi connectivity index (χ3v) is 5.08. The van der Waals surface area contributed by atoms with Crippen molar-refractivity contribution in [3.05, 3.63) is 65.4 Å². The van der Waals surface area contributed by atoms with Crippen LogP contribution in [0.25, 0.3) is 10.9 Å². The van der Waals surface area contributed by atoms with Crippen LogP contribution in [-0.2, 0) is 10.9 Å². The zero-order valence-corrected chi connectivity index (χ0v) is 16.8. The highest BCUT2D eigenvalue weighted by atomic mass is 19.4. The summed E-state index contributed by atoms with van der Waals surface area (Å²) >= 11 is 0. The number of halogens is 3. The molecule has 1 N–H and O–H groups in total. The third kappa shape index (κ3) is 4.80. The lowest BCUT2D eigenvalue weighted by atomic mass is 10.0. The number of rotatable bonds is 7. The summed E-state index contributed by atoms with van der Waals surface area (Å²) in [7, 11) is 1.49. The Morgan fingerprint density at radius 2 is 1.90 bits per heavy atom. The summed E-state index contributed by atoms with van der Waals surface area (Å²) < 4.78 is 50.2. The smallest absolute Gasteiger partial charge is 0.416 e. The second-order valence-electron chi connectivity index (χ2n) is 7.39. The maximum Gasteiger partial charge on any atom is 0.416 e. The van der Waals surface area contributed by atoms with Crippen molar-refractivity contribution in [3.63, 3.8) is 0 Å². The van der Waals surface area contributed by atoms with E-state index < -0.39 is 17.6 Å². The van der Waals surface area contributed by atoms with Gasteiger partial charge in [0, 0.05) is 24.1 Å². The Hall–Kier alpha value is -3.13. The summed E-state index contributed by atoms with van der Waals surface area (Å²) in [6.45, 7) is 0.392. The number of alkyl halides is 3. The topological polar surface area (TPSA) is 60.5 Å². The van der Waals surface area contributed by atoms with Crippen LogP contribution in [0.3, 0.4) is 0 Å². The number of carbonyl (C=O) groups excluding carboxylic acids is 1. The van der Waals surface area contributed by atoms with E-state index in [1.807, 2.05) is 12.1 Å². The van der Waals surface area contributed by atoms with Crippen molar-refractivity contribution in [2.24, 2.45) is 0 Å². The van der Waals surface area contributed by atoms with E-state index in [9.17, 15) is 18.0 Å². The number of anilines is 1. The first-order chi connectivity index (χ1) is 14.9. The normalized spacial score (nSPS) is 13.9. The van der Waals surface area contributed by atoms with Gasteiger partial charge in [-0.2, -0.15) is 13.2 Å². The molecule has 1 amide bonds. The zero-order chi connectivity index (χ0) is 22.0. The van der Waals surface area contributed by atoms with Crippen molar-refractivity contribution in [1.82, 2.24) is 4.98 Å². The number of nitrogens with one attached hydrogen (secondary N) is 1. The third-order valence-electron chi connectivity index (χ3n) is 5.08. The largest absolute Gasteiger partial charge is 0.489 e. The molecule has 1 saturated carbocycles. The fourth-order valence-electron chi connectivity index (χ4n) is 3.33. The highest BCUT2D eigenvalue weighted by Crippen LogP contribution is 2.40.